The molecule has 0 saturated heterocycles. The molecule has 0 radical (unpaired) electrons. The van der Waals surface area contributed by atoms with Gasteiger partial charge < -0.3 is 4.74 Å². The van der Waals surface area contributed by atoms with Crippen LogP contribution in [0.5, 0.6) is 0 Å². The van der Waals surface area contributed by atoms with Gasteiger partial charge in [-0.1, -0.05) is 18.1 Å². The summed E-state index contributed by atoms with van der Waals surface area (Å²) in [5.41, 5.74) is 1.68. The number of hydrogen-bond acceptors (Lipinski definition) is 1. The first-order chi connectivity index (χ1) is 4.97. The summed E-state index contributed by atoms with van der Waals surface area (Å²) < 4.78 is 5.36. The van der Waals surface area contributed by atoms with Crippen LogP contribution in [-0.4, -0.2) is 13.2 Å². The van der Waals surface area contributed by atoms with E-state index < -0.39 is 0 Å². The topological polar surface area (TPSA) is 9.23 Å². The van der Waals surface area contributed by atoms with Gasteiger partial charge in [-0.05, 0) is 19.3 Å². The van der Waals surface area contributed by atoms with Gasteiger partial charge in [-0.2, -0.15) is 0 Å². The molecule has 1 heteroatoms. The van der Waals surface area contributed by atoms with Gasteiger partial charge in [0.1, 0.15) is 0 Å². The van der Waals surface area contributed by atoms with Gasteiger partial charge in [0.15, 0.2) is 0 Å². The molecule has 0 aromatic carbocycles. The van der Waals surface area contributed by atoms with Gasteiger partial charge in [0.05, 0.1) is 13.2 Å². The Hall–Kier alpha value is -0.300. The summed E-state index contributed by atoms with van der Waals surface area (Å²) in [6.45, 7) is 1.86. The molecule has 1 heterocycles. The summed E-state index contributed by atoms with van der Waals surface area (Å²) in [4.78, 5) is 0. The molecule has 0 bridgehead atoms. The van der Waals surface area contributed by atoms with Crippen LogP contribution in [0.3, 0.4) is 0 Å². The highest BCUT2D eigenvalue weighted by molar-refractivity contribution is 5.11. The largest absolute Gasteiger partial charge is 0.377 e. The van der Waals surface area contributed by atoms with Crippen LogP contribution in [0.1, 0.15) is 25.7 Å². The molecule has 1 atom stereocenters. The van der Waals surface area contributed by atoms with E-state index in [9.17, 15) is 0 Å². The minimum atomic E-state index is 0.794. The summed E-state index contributed by atoms with van der Waals surface area (Å²) in [5.74, 6) is 0.794. The lowest BCUT2D eigenvalue weighted by Crippen LogP contribution is -2.20. The molecule has 0 amide bonds. The smallest absolute Gasteiger partial charge is 0.0650 e. The molecule has 1 aliphatic carbocycles. The maximum Gasteiger partial charge on any atom is 0.0650 e. The second kappa shape index (κ2) is 2.75. The van der Waals surface area contributed by atoms with Crippen molar-refractivity contribution < 1.29 is 4.74 Å². The third kappa shape index (κ3) is 1.10. The monoisotopic (exact) mass is 138 g/mol. The maximum absolute atomic E-state index is 5.36. The standard InChI is InChI=1S/C9H14O/c1-2-4-9-7-10-6-5-8(9)3-1/h5,9H,1-4,6-7H2. The highest BCUT2D eigenvalue weighted by Gasteiger charge is 2.20. The summed E-state index contributed by atoms with van der Waals surface area (Å²) in [6.07, 6.45) is 7.81. The Balaban J connectivity index is 2.08. The molecule has 0 N–H and O–H groups in total. The first-order valence-electron chi connectivity index (χ1n) is 4.23. The van der Waals surface area contributed by atoms with Crippen LogP contribution in [0.2, 0.25) is 0 Å². The van der Waals surface area contributed by atoms with Crippen molar-refractivity contribution in [2.45, 2.75) is 25.7 Å². The van der Waals surface area contributed by atoms with Gasteiger partial charge in [0, 0.05) is 5.92 Å². The van der Waals surface area contributed by atoms with E-state index in [1.54, 1.807) is 5.57 Å². The molecule has 1 nitrogen and oxygen atoms in total. The number of rotatable bonds is 0. The maximum atomic E-state index is 5.36. The number of fused-ring (bicyclic) bond motifs is 1. The fourth-order valence-electron chi connectivity index (χ4n) is 1.94. The molecule has 0 aromatic heterocycles. The Morgan fingerprint density at radius 3 is 3.30 bits per heavy atom. The van der Waals surface area contributed by atoms with Crippen LogP contribution in [0, 0.1) is 5.92 Å². The fourth-order valence-corrected chi connectivity index (χ4v) is 1.94. The Bertz CT molecular complexity index is 149. The zero-order valence-corrected chi connectivity index (χ0v) is 6.31. The number of ether oxygens (including phenoxy) is 1. The second-order valence-corrected chi connectivity index (χ2v) is 3.26. The van der Waals surface area contributed by atoms with Gasteiger partial charge in [-0.3, -0.25) is 0 Å². The van der Waals surface area contributed by atoms with Gasteiger partial charge in [0.25, 0.3) is 0 Å². The van der Waals surface area contributed by atoms with E-state index in [2.05, 4.69) is 6.08 Å². The molecule has 56 valence electrons. The van der Waals surface area contributed by atoms with Gasteiger partial charge in [-0.15, -0.1) is 0 Å². The van der Waals surface area contributed by atoms with Crippen molar-refractivity contribution in [2.24, 2.45) is 5.92 Å². The Morgan fingerprint density at radius 2 is 2.40 bits per heavy atom. The van der Waals surface area contributed by atoms with Crippen molar-refractivity contribution >= 4 is 0 Å². The van der Waals surface area contributed by atoms with Gasteiger partial charge in [-0.25, -0.2) is 0 Å². The van der Waals surface area contributed by atoms with Crippen LogP contribution in [0.25, 0.3) is 0 Å². The SMILES string of the molecule is C1=C2CCCCC2COC1. The lowest BCUT2D eigenvalue weighted by Gasteiger charge is -2.28. The molecule has 1 fully saturated rings. The Kier molecular flexibility index (Phi) is 1.76. The molecule has 2 rings (SSSR count). The first-order valence-corrected chi connectivity index (χ1v) is 4.23. The Labute approximate surface area is 62.1 Å². The van der Waals surface area contributed by atoms with Crippen molar-refractivity contribution in [3.63, 3.8) is 0 Å². The van der Waals surface area contributed by atoms with Crippen LogP contribution in [0.4, 0.5) is 0 Å². The summed E-state index contributed by atoms with van der Waals surface area (Å²) in [5, 5.41) is 0. The molecule has 2 aliphatic rings. The molecular weight excluding hydrogens is 124 g/mol. The Morgan fingerprint density at radius 1 is 1.40 bits per heavy atom. The fraction of sp³-hybridized carbons (Fsp3) is 0.778. The van der Waals surface area contributed by atoms with E-state index in [1.807, 2.05) is 0 Å². The molecule has 1 saturated carbocycles. The van der Waals surface area contributed by atoms with Crippen LogP contribution in [0.15, 0.2) is 11.6 Å². The summed E-state index contributed by atoms with van der Waals surface area (Å²) in [7, 11) is 0. The lowest BCUT2D eigenvalue weighted by atomic mass is 9.84. The molecular formula is C9H14O. The highest BCUT2D eigenvalue weighted by Crippen LogP contribution is 2.31. The molecule has 10 heavy (non-hydrogen) atoms. The van der Waals surface area contributed by atoms with Gasteiger partial charge >= 0.3 is 0 Å². The second-order valence-electron chi connectivity index (χ2n) is 3.26. The third-order valence-corrected chi connectivity index (χ3v) is 2.57. The van der Waals surface area contributed by atoms with Crippen LogP contribution < -0.4 is 0 Å². The van der Waals surface area contributed by atoms with Gasteiger partial charge in [0.2, 0.25) is 0 Å². The van der Waals surface area contributed by atoms with Crippen LogP contribution >= 0.6 is 0 Å². The van der Waals surface area contributed by atoms with Crippen molar-refractivity contribution in [3.05, 3.63) is 11.6 Å². The molecule has 0 spiro atoms. The number of hydrogen-bond donors (Lipinski definition) is 0. The average Bonchev–Trinajstić information content (AvgIpc) is 2.05. The van der Waals surface area contributed by atoms with E-state index in [4.69, 9.17) is 4.74 Å². The van der Waals surface area contributed by atoms with Crippen molar-refractivity contribution in [3.8, 4) is 0 Å². The molecule has 1 unspecified atom stereocenters. The van der Waals surface area contributed by atoms with Crippen molar-refractivity contribution in [1.29, 1.82) is 0 Å². The van der Waals surface area contributed by atoms with Crippen molar-refractivity contribution in [2.75, 3.05) is 13.2 Å². The zero-order chi connectivity index (χ0) is 6.81. The summed E-state index contributed by atoms with van der Waals surface area (Å²) in [6, 6.07) is 0. The highest BCUT2D eigenvalue weighted by atomic mass is 16.5. The van der Waals surface area contributed by atoms with E-state index in [0.29, 0.717) is 0 Å². The minimum absolute atomic E-state index is 0.794. The van der Waals surface area contributed by atoms with Crippen LogP contribution in [-0.2, 0) is 4.74 Å². The molecule has 0 aromatic rings. The zero-order valence-electron chi connectivity index (χ0n) is 6.31. The predicted molar refractivity (Wildman–Crippen MR) is 40.9 cm³/mol. The van der Waals surface area contributed by atoms with Crippen molar-refractivity contribution in [1.82, 2.24) is 0 Å². The van der Waals surface area contributed by atoms with E-state index in [-0.39, 0.29) is 0 Å². The normalized spacial score (nSPS) is 32.8. The average molecular weight is 138 g/mol. The summed E-state index contributed by atoms with van der Waals surface area (Å²) >= 11 is 0. The molecule has 1 aliphatic heterocycles. The quantitative estimate of drug-likeness (QED) is 0.466. The lowest BCUT2D eigenvalue weighted by molar-refractivity contribution is 0.109. The third-order valence-electron chi connectivity index (χ3n) is 2.57. The predicted octanol–water partition coefficient (Wildman–Crippen LogP) is 2.13. The van der Waals surface area contributed by atoms with E-state index >= 15 is 0 Å². The first kappa shape index (κ1) is 6.41. The van der Waals surface area contributed by atoms with E-state index in [1.165, 1.54) is 25.7 Å². The van der Waals surface area contributed by atoms with E-state index in [0.717, 1.165) is 19.1 Å². The minimum Gasteiger partial charge on any atom is -0.377 e.